The molecular weight excluding hydrogens is 166 g/mol. The normalized spacial score (nSPS) is 13.2. The van der Waals surface area contributed by atoms with E-state index in [1.165, 1.54) is 6.20 Å². The Morgan fingerprint density at radius 1 is 1.62 bits per heavy atom. The molecule has 2 heterocycles. The van der Waals surface area contributed by atoms with Crippen LogP contribution in [0.3, 0.4) is 0 Å². The van der Waals surface area contributed by atoms with Crippen LogP contribution in [0.2, 0.25) is 0 Å². The quantitative estimate of drug-likeness (QED) is 0.643. The Balaban J connectivity index is 2.48. The minimum Gasteiger partial charge on any atom is -0.387 e. The summed E-state index contributed by atoms with van der Waals surface area (Å²) in [5, 5.41) is 3.03. The molecule has 0 spiro atoms. The molecule has 4 heteroatoms. The first-order valence-electron chi connectivity index (χ1n) is 3.96. The van der Waals surface area contributed by atoms with Gasteiger partial charge in [0, 0.05) is 12.7 Å². The van der Waals surface area contributed by atoms with Crippen molar-refractivity contribution < 1.29 is 4.79 Å². The van der Waals surface area contributed by atoms with E-state index in [1.54, 1.807) is 6.07 Å². The van der Waals surface area contributed by atoms with Gasteiger partial charge in [-0.1, -0.05) is 0 Å². The number of rotatable bonds is 1. The molecule has 0 aromatic carbocycles. The summed E-state index contributed by atoms with van der Waals surface area (Å²) in [5.74, 6) is -0.440. The molecule has 0 radical (unpaired) electrons. The van der Waals surface area contributed by atoms with Gasteiger partial charge in [-0.3, -0.25) is 9.78 Å². The van der Waals surface area contributed by atoms with E-state index < -0.39 is 5.91 Å². The second-order valence-electron chi connectivity index (χ2n) is 2.85. The number of carbonyl (C=O) groups excluding carboxylic acids is 1. The molecule has 1 aliphatic heterocycles. The second-order valence-corrected chi connectivity index (χ2v) is 2.85. The number of aromatic nitrogens is 1. The number of nitrogens with zero attached hydrogens (tertiary/aromatic N) is 1. The van der Waals surface area contributed by atoms with Gasteiger partial charge in [-0.15, -0.1) is 0 Å². The number of carbonyl (C=O) groups is 1. The van der Waals surface area contributed by atoms with Crippen LogP contribution in [0.4, 0.5) is 0 Å². The van der Waals surface area contributed by atoms with E-state index in [0.717, 1.165) is 11.3 Å². The maximum absolute atomic E-state index is 10.8. The number of primary amides is 1. The number of nitrogens with one attached hydrogen (secondary N) is 1. The molecule has 1 aromatic rings. The van der Waals surface area contributed by atoms with Crippen molar-refractivity contribution in [3.8, 4) is 0 Å². The summed E-state index contributed by atoms with van der Waals surface area (Å²) in [6.07, 6.45) is 5.19. The molecule has 66 valence electrons. The summed E-state index contributed by atoms with van der Waals surface area (Å²) < 4.78 is 0. The van der Waals surface area contributed by atoms with E-state index in [-0.39, 0.29) is 0 Å². The third kappa shape index (κ3) is 1.38. The number of nitrogens with two attached hydrogens (primary N) is 1. The van der Waals surface area contributed by atoms with Gasteiger partial charge in [0.25, 0.3) is 0 Å². The molecule has 4 nitrogen and oxygen atoms in total. The van der Waals surface area contributed by atoms with E-state index >= 15 is 0 Å². The monoisotopic (exact) mass is 175 g/mol. The molecule has 13 heavy (non-hydrogen) atoms. The van der Waals surface area contributed by atoms with E-state index in [0.29, 0.717) is 12.1 Å². The van der Waals surface area contributed by atoms with Gasteiger partial charge in [0.1, 0.15) is 0 Å². The summed E-state index contributed by atoms with van der Waals surface area (Å²) in [4.78, 5) is 14.9. The van der Waals surface area contributed by atoms with Crippen molar-refractivity contribution in [2.75, 3.05) is 0 Å². The van der Waals surface area contributed by atoms with Crippen LogP contribution in [-0.2, 0) is 6.54 Å². The molecule has 0 atom stereocenters. The molecule has 2 rings (SSSR count). The lowest BCUT2D eigenvalue weighted by molar-refractivity contribution is 0.1000. The van der Waals surface area contributed by atoms with Crippen LogP contribution in [0.5, 0.6) is 0 Å². The van der Waals surface area contributed by atoms with Crippen LogP contribution < -0.4 is 11.1 Å². The SMILES string of the molecule is NC(=O)c1cnc2c(c1)CNC=C2. The lowest BCUT2D eigenvalue weighted by Gasteiger charge is -2.11. The molecule has 0 unspecified atom stereocenters. The van der Waals surface area contributed by atoms with E-state index in [4.69, 9.17) is 5.73 Å². The molecule has 0 bridgehead atoms. The highest BCUT2D eigenvalue weighted by Gasteiger charge is 2.08. The Morgan fingerprint density at radius 2 is 2.46 bits per heavy atom. The average molecular weight is 175 g/mol. The van der Waals surface area contributed by atoms with Crippen molar-refractivity contribution in [3.63, 3.8) is 0 Å². The number of amides is 1. The largest absolute Gasteiger partial charge is 0.387 e. The topological polar surface area (TPSA) is 68.0 Å². The first kappa shape index (κ1) is 7.79. The van der Waals surface area contributed by atoms with Gasteiger partial charge < -0.3 is 11.1 Å². The zero-order valence-corrected chi connectivity index (χ0v) is 6.95. The smallest absolute Gasteiger partial charge is 0.250 e. The van der Waals surface area contributed by atoms with Crippen LogP contribution in [0.25, 0.3) is 6.08 Å². The third-order valence-electron chi connectivity index (χ3n) is 1.94. The Hall–Kier alpha value is -1.84. The highest BCUT2D eigenvalue weighted by Crippen LogP contribution is 2.12. The Kier molecular flexibility index (Phi) is 1.73. The minimum atomic E-state index is -0.440. The average Bonchev–Trinajstić information content (AvgIpc) is 2.17. The molecule has 1 aliphatic rings. The number of hydrogen-bond donors (Lipinski definition) is 2. The first-order valence-corrected chi connectivity index (χ1v) is 3.96. The Morgan fingerprint density at radius 3 is 3.23 bits per heavy atom. The van der Waals surface area contributed by atoms with Crippen molar-refractivity contribution in [1.82, 2.24) is 10.3 Å². The van der Waals surface area contributed by atoms with Crippen LogP contribution >= 0.6 is 0 Å². The fraction of sp³-hybridized carbons (Fsp3) is 0.111. The zero-order chi connectivity index (χ0) is 9.26. The van der Waals surface area contributed by atoms with Crippen LogP contribution in [0.15, 0.2) is 18.5 Å². The predicted octanol–water partition coefficient (Wildman–Crippen LogP) is 0.254. The molecule has 3 N–H and O–H groups in total. The van der Waals surface area contributed by atoms with Gasteiger partial charge in [-0.2, -0.15) is 0 Å². The molecular formula is C9H9N3O. The van der Waals surface area contributed by atoms with Crippen LogP contribution in [0.1, 0.15) is 21.6 Å². The summed E-state index contributed by atoms with van der Waals surface area (Å²) in [6.45, 7) is 0.694. The Bertz CT molecular complexity index is 384. The van der Waals surface area contributed by atoms with Gasteiger partial charge in [0.2, 0.25) is 5.91 Å². The zero-order valence-electron chi connectivity index (χ0n) is 6.95. The van der Waals surface area contributed by atoms with Crippen molar-refractivity contribution in [2.24, 2.45) is 5.73 Å². The third-order valence-corrected chi connectivity index (χ3v) is 1.94. The van der Waals surface area contributed by atoms with E-state index in [1.807, 2.05) is 12.3 Å². The molecule has 1 aromatic heterocycles. The van der Waals surface area contributed by atoms with Crippen molar-refractivity contribution >= 4 is 12.0 Å². The maximum Gasteiger partial charge on any atom is 0.250 e. The maximum atomic E-state index is 10.8. The van der Waals surface area contributed by atoms with Crippen molar-refractivity contribution in [1.29, 1.82) is 0 Å². The van der Waals surface area contributed by atoms with Crippen LogP contribution in [0, 0.1) is 0 Å². The molecule has 0 fully saturated rings. The van der Waals surface area contributed by atoms with E-state index in [2.05, 4.69) is 10.3 Å². The predicted molar refractivity (Wildman–Crippen MR) is 48.6 cm³/mol. The van der Waals surface area contributed by atoms with Gasteiger partial charge in [0.05, 0.1) is 11.3 Å². The van der Waals surface area contributed by atoms with E-state index in [9.17, 15) is 4.79 Å². The first-order chi connectivity index (χ1) is 6.27. The lowest BCUT2D eigenvalue weighted by atomic mass is 10.1. The van der Waals surface area contributed by atoms with Crippen LogP contribution in [-0.4, -0.2) is 10.9 Å². The molecule has 0 saturated carbocycles. The summed E-state index contributed by atoms with van der Waals surface area (Å²) in [6, 6.07) is 1.77. The summed E-state index contributed by atoms with van der Waals surface area (Å²) >= 11 is 0. The highest BCUT2D eigenvalue weighted by molar-refractivity contribution is 5.92. The van der Waals surface area contributed by atoms with Gasteiger partial charge in [-0.25, -0.2) is 0 Å². The van der Waals surface area contributed by atoms with Gasteiger partial charge in [-0.05, 0) is 23.9 Å². The highest BCUT2D eigenvalue weighted by atomic mass is 16.1. The number of hydrogen-bond acceptors (Lipinski definition) is 3. The van der Waals surface area contributed by atoms with Crippen molar-refractivity contribution in [3.05, 3.63) is 35.3 Å². The Labute approximate surface area is 75.5 Å². The minimum absolute atomic E-state index is 0.440. The number of pyridine rings is 1. The molecule has 0 aliphatic carbocycles. The van der Waals surface area contributed by atoms with Crippen molar-refractivity contribution in [2.45, 2.75) is 6.54 Å². The molecule has 1 amide bonds. The second kappa shape index (κ2) is 2.90. The van der Waals surface area contributed by atoms with Gasteiger partial charge in [0.15, 0.2) is 0 Å². The fourth-order valence-corrected chi connectivity index (χ4v) is 1.25. The summed E-state index contributed by atoms with van der Waals surface area (Å²) in [5.41, 5.74) is 7.48. The molecule has 0 saturated heterocycles. The lowest BCUT2D eigenvalue weighted by Crippen LogP contribution is -2.16. The van der Waals surface area contributed by atoms with Gasteiger partial charge >= 0.3 is 0 Å². The number of fused-ring (bicyclic) bond motifs is 1. The summed E-state index contributed by atoms with van der Waals surface area (Å²) in [7, 11) is 0. The fourth-order valence-electron chi connectivity index (χ4n) is 1.25. The standard InChI is InChI=1S/C9H9N3O/c10-9(13)7-3-6-4-11-2-1-8(6)12-5-7/h1-3,5,11H,4H2,(H2,10,13).